The largest absolute Gasteiger partial charge is 0.300 e. The molecule has 0 aliphatic carbocycles. The molecule has 0 radical (unpaired) electrons. The molecular weight excluding hydrogens is 262 g/mol. The molecule has 0 spiro atoms. The average Bonchev–Trinajstić information content (AvgIpc) is 2.69. The highest BCUT2D eigenvalue weighted by atomic mass is 16.2. The molecule has 3 heteroatoms. The molecule has 1 aliphatic rings. The number of para-hydroxylation sites is 1. The second-order valence-corrected chi connectivity index (χ2v) is 5.56. The van der Waals surface area contributed by atoms with Gasteiger partial charge in [0.2, 0.25) is 0 Å². The van der Waals surface area contributed by atoms with Crippen LogP contribution in [0.2, 0.25) is 0 Å². The average molecular weight is 279 g/mol. The van der Waals surface area contributed by atoms with Crippen molar-refractivity contribution in [3.63, 3.8) is 0 Å². The Morgan fingerprint density at radius 2 is 1.43 bits per heavy atom. The monoisotopic (exact) mass is 279 g/mol. The molecule has 0 aromatic heterocycles. The Hall–Kier alpha value is -2.42. The Kier molecular flexibility index (Phi) is 3.13. The van der Waals surface area contributed by atoms with E-state index in [-0.39, 0.29) is 0 Å². The van der Waals surface area contributed by atoms with E-state index >= 15 is 0 Å². The van der Waals surface area contributed by atoms with Crippen molar-refractivity contribution in [1.29, 1.82) is 0 Å². The van der Waals surface area contributed by atoms with Crippen molar-refractivity contribution in [2.24, 2.45) is 0 Å². The van der Waals surface area contributed by atoms with Crippen molar-refractivity contribution < 1.29 is 9.59 Å². The molecule has 0 saturated heterocycles. The zero-order valence-electron chi connectivity index (χ0n) is 12.4. The lowest BCUT2D eigenvalue weighted by Crippen LogP contribution is -2.30. The van der Waals surface area contributed by atoms with E-state index in [2.05, 4.69) is 0 Å². The minimum Gasteiger partial charge on any atom is -0.300 e. The van der Waals surface area contributed by atoms with Crippen LogP contribution in [-0.2, 0) is 11.3 Å². The van der Waals surface area contributed by atoms with Gasteiger partial charge in [-0.1, -0.05) is 30.3 Å². The summed E-state index contributed by atoms with van der Waals surface area (Å²) in [5.74, 6) is -0.832. The maximum Gasteiger partial charge on any atom is 0.299 e. The smallest absolute Gasteiger partial charge is 0.299 e. The van der Waals surface area contributed by atoms with Crippen LogP contribution in [0.1, 0.15) is 32.6 Å². The molecular formula is C18H17NO2. The normalized spacial score (nSPS) is 13.8. The van der Waals surface area contributed by atoms with Crippen LogP contribution in [0.4, 0.5) is 5.69 Å². The van der Waals surface area contributed by atoms with Gasteiger partial charge in [-0.2, -0.15) is 0 Å². The summed E-state index contributed by atoms with van der Waals surface area (Å²) < 4.78 is 0. The Bertz CT molecular complexity index is 742. The minimum atomic E-state index is -0.429. The first-order chi connectivity index (χ1) is 10.0. The van der Waals surface area contributed by atoms with Gasteiger partial charge in [0.05, 0.1) is 17.8 Å². The molecule has 0 unspecified atom stereocenters. The summed E-state index contributed by atoms with van der Waals surface area (Å²) in [6.07, 6.45) is 0. The van der Waals surface area contributed by atoms with Crippen LogP contribution in [0.5, 0.6) is 0 Å². The molecule has 2 aromatic carbocycles. The number of carbonyl (C=O) groups excluding carboxylic acids is 2. The van der Waals surface area contributed by atoms with Gasteiger partial charge >= 0.3 is 0 Å². The molecule has 21 heavy (non-hydrogen) atoms. The van der Waals surface area contributed by atoms with Crippen LogP contribution < -0.4 is 4.90 Å². The third kappa shape index (κ3) is 2.05. The number of carbonyl (C=O) groups is 2. The molecule has 0 fully saturated rings. The number of aryl methyl sites for hydroxylation is 3. The van der Waals surface area contributed by atoms with Crippen LogP contribution in [0.3, 0.4) is 0 Å². The van der Waals surface area contributed by atoms with E-state index in [4.69, 9.17) is 0 Å². The van der Waals surface area contributed by atoms with Crippen molar-refractivity contribution in [1.82, 2.24) is 0 Å². The van der Waals surface area contributed by atoms with Gasteiger partial charge in [-0.3, -0.25) is 9.59 Å². The van der Waals surface area contributed by atoms with Crippen LogP contribution in [0.15, 0.2) is 36.4 Å². The Labute approximate surface area is 124 Å². The number of anilines is 1. The summed E-state index contributed by atoms with van der Waals surface area (Å²) in [4.78, 5) is 26.1. The van der Waals surface area contributed by atoms with Gasteiger partial charge in [0.15, 0.2) is 0 Å². The zero-order valence-corrected chi connectivity index (χ0v) is 12.4. The molecule has 1 aliphatic heterocycles. The molecule has 1 heterocycles. The van der Waals surface area contributed by atoms with Crippen molar-refractivity contribution in [3.05, 3.63) is 64.2 Å². The quantitative estimate of drug-likeness (QED) is 0.791. The fourth-order valence-electron chi connectivity index (χ4n) is 2.95. The number of hydrogen-bond donors (Lipinski definition) is 0. The predicted octanol–water partition coefficient (Wildman–Crippen LogP) is 3.34. The summed E-state index contributed by atoms with van der Waals surface area (Å²) >= 11 is 0. The highest BCUT2D eigenvalue weighted by Gasteiger charge is 2.36. The minimum absolute atomic E-state index is 0.403. The number of ketones is 1. The van der Waals surface area contributed by atoms with E-state index < -0.39 is 11.7 Å². The number of Topliss-reactive ketones (excluding diaryl/α,β-unsaturated/α-hetero) is 1. The molecule has 106 valence electrons. The van der Waals surface area contributed by atoms with E-state index in [1.54, 1.807) is 11.0 Å². The van der Waals surface area contributed by atoms with Crippen molar-refractivity contribution >= 4 is 17.4 Å². The fourth-order valence-corrected chi connectivity index (χ4v) is 2.95. The van der Waals surface area contributed by atoms with Gasteiger partial charge in [0, 0.05) is 0 Å². The molecule has 0 saturated carbocycles. The van der Waals surface area contributed by atoms with Gasteiger partial charge < -0.3 is 4.90 Å². The first kappa shape index (κ1) is 13.6. The van der Waals surface area contributed by atoms with Gasteiger partial charge in [-0.15, -0.1) is 0 Å². The Morgan fingerprint density at radius 1 is 0.857 bits per heavy atom. The first-order valence-corrected chi connectivity index (χ1v) is 7.01. The Balaban J connectivity index is 2.09. The van der Waals surface area contributed by atoms with Crippen LogP contribution in [0.25, 0.3) is 0 Å². The third-order valence-electron chi connectivity index (χ3n) is 4.15. The highest BCUT2D eigenvalue weighted by Crippen LogP contribution is 2.34. The summed E-state index contributed by atoms with van der Waals surface area (Å²) in [6.45, 7) is 6.44. The number of fused-ring (bicyclic) bond motifs is 1. The molecule has 3 rings (SSSR count). The standard InChI is InChI=1S/C18H17NO2/c1-11-6-4-7-12(2)15(11)10-19-16-13(3)8-5-9-14(16)17(20)18(19)21/h4-9H,10H2,1-3H3. The van der Waals surface area contributed by atoms with E-state index in [0.29, 0.717) is 12.1 Å². The number of benzene rings is 2. The van der Waals surface area contributed by atoms with Gasteiger partial charge in [0.25, 0.3) is 11.7 Å². The van der Waals surface area contributed by atoms with Crippen LogP contribution >= 0.6 is 0 Å². The zero-order chi connectivity index (χ0) is 15.1. The van der Waals surface area contributed by atoms with E-state index in [1.807, 2.05) is 51.1 Å². The van der Waals surface area contributed by atoms with Crippen molar-refractivity contribution in [3.8, 4) is 0 Å². The third-order valence-corrected chi connectivity index (χ3v) is 4.15. The first-order valence-electron chi connectivity index (χ1n) is 7.01. The number of rotatable bonds is 2. The van der Waals surface area contributed by atoms with Gasteiger partial charge in [-0.25, -0.2) is 0 Å². The van der Waals surface area contributed by atoms with Crippen molar-refractivity contribution in [2.75, 3.05) is 4.90 Å². The molecule has 0 bridgehead atoms. The number of nitrogens with zero attached hydrogens (tertiary/aromatic N) is 1. The summed E-state index contributed by atoms with van der Waals surface area (Å²) in [6, 6.07) is 11.6. The SMILES string of the molecule is Cc1cccc(C)c1CN1C(=O)C(=O)c2cccc(C)c21. The summed E-state index contributed by atoms with van der Waals surface area (Å²) in [5, 5.41) is 0. The van der Waals surface area contributed by atoms with E-state index in [9.17, 15) is 9.59 Å². The summed E-state index contributed by atoms with van der Waals surface area (Å²) in [7, 11) is 0. The van der Waals surface area contributed by atoms with Gasteiger partial charge in [0.1, 0.15) is 0 Å². The maximum atomic E-state index is 12.3. The van der Waals surface area contributed by atoms with E-state index in [0.717, 1.165) is 27.9 Å². The van der Waals surface area contributed by atoms with Crippen LogP contribution in [0, 0.1) is 20.8 Å². The molecule has 0 N–H and O–H groups in total. The topological polar surface area (TPSA) is 37.4 Å². The molecule has 0 atom stereocenters. The number of amides is 1. The maximum absolute atomic E-state index is 12.3. The Morgan fingerprint density at radius 3 is 2.10 bits per heavy atom. The second kappa shape index (κ2) is 4.85. The van der Waals surface area contributed by atoms with Crippen LogP contribution in [-0.4, -0.2) is 11.7 Å². The van der Waals surface area contributed by atoms with E-state index in [1.165, 1.54) is 0 Å². The molecule has 1 amide bonds. The summed E-state index contributed by atoms with van der Waals surface area (Å²) in [5.41, 5.74) is 5.61. The second-order valence-electron chi connectivity index (χ2n) is 5.56. The fraction of sp³-hybridized carbons (Fsp3) is 0.222. The lowest BCUT2D eigenvalue weighted by Gasteiger charge is -2.21. The van der Waals surface area contributed by atoms with Crippen molar-refractivity contribution in [2.45, 2.75) is 27.3 Å². The number of hydrogen-bond acceptors (Lipinski definition) is 2. The van der Waals surface area contributed by atoms with Gasteiger partial charge in [-0.05, 0) is 49.1 Å². The molecule has 3 nitrogen and oxygen atoms in total. The molecule has 2 aromatic rings. The lowest BCUT2D eigenvalue weighted by molar-refractivity contribution is -0.114. The lowest BCUT2D eigenvalue weighted by atomic mass is 10.0. The predicted molar refractivity (Wildman–Crippen MR) is 82.6 cm³/mol. The highest BCUT2D eigenvalue weighted by molar-refractivity contribution is 6.52.